The molecular weight excluding hydrogens is 500 g/mol. The van der Waals surface area contributed by atoms with E-state index in [4.69, 9.17) is 9.72 Å². The highest BCUT2D eigenvalue weighted by atomic mass is 32.2. The van der Waals surface area contributed by atoms with Crippen LogP contribution in [0.4, 0.5) is 5.82 Å². The van der Waals surface area contributed by atoms with E-state index in [1.807, 2.05) is 37.3 Å². The maximum atomic E-state index is 11.9. The van der Waals surface area contributed by atoms with Gasteiger partial charge in [-0.1, -0.05) is 24.3 Å². The maximum Gasteiger partial charge on any atom is 0.307 e. The molecule has 2 heterocycles. The second-order valence-corrected chi connectivity index (χ2v) is 13.3. The molecule has 6 rings (SSSR count). The fourth-order valence-corrected chi connectivity index (χ4v) is 7.42. The monoisotopic (exact) mass is 532 g/mol. The number of nitrogens with zero attached hydrogens (tertiary/aromatic N) is 2. The second kappa shape index (κ2) is 9.42. The largest absolute Gasteiger partial charge is 0.489 e. The third-order valence-electron chi connectivity index (χ3n) is 8.47. The summed E-state index contributed by atoms with van der Waals surface area (Å²) in [5, 5.41) is 9.07. The zero-order chi connectivity index (χ0) is 26.6. The van der Waals surface area contributed by atoms with Crippen LogP contribution in [0.3, 0.4) is 0 Å². The minimum absolute atomic E-state index is 0.177. The van der Waals surface area contributed by atoms with E-state index in [1.165, 1.54) is 17.4 Å². The Morgan fingerprint density at radius 1 is 1.11 bits per heavy atom. The molecule has 0 spiro atoms. The highest BCUT2D eigenvalue weighted by Gasteiger charge is 2.59. The number of carbonyl (C=O) groups is 1. The number of fused-ring (bicyclic) bond motifs is 3. The summed E-state index contributed by atoms with van der Waals surface area (Å²) in [5.74, 6) is 1.23. The number of benzene rings is 2. The van der Waals surface area contributed by atoms with Gasteiger partial charge in [-0.15, -0.1) is 0 Å². The zero-order valence-electron chi connectivity index (χ0n) is 21.6. The molecule has 3 aromatic rings. The van der Waals surface area contributed by atoms with Gasteiger partial charge in [0.1, 0.15) is 28.0 Å². The van der Waals surface area contributed by atoms with Crippen molar-refractivity contribution in [3.05, 3.63) is 77.0 Å². The maximum absolute atomic E-state index is 11.9. The summed E-state index contributed by atoms with van der Waals surface area (Å²) in [6, 6.07) is 18.4. The molecule has 7 nitrogen and oxygen atoms in total. The van der Waals surface area contributed by atoms with Gasteiger partial charge in [0.25, 0.3) is 0 Å². The van der Waals surface area contributed by atoms with E-state index in [1.54, 1.807) is 0 Å². The first-order valence-corrected chi connectivity index (χ1v) is 15.1. The van der Waals surface area contributed by atoms with Gasteiger partial charge in [0.15, 0.2) is 0 Å². The fraction of sp³-hybridized carbons (Fsp3) is 0.400. The summed E-state index contributed by atoms with van der Waals surface area (Å²) in [4.78, 5) is 18.4. The molecule has 38 heavy (non-hydrogen) atoms. The molecule has 198 valence electrons. The lowest BCUT2D eigenvalue weighted by molar-refractivity contribution is -0.139. The molecular formula is C30H32N2O5S. The van der Waals surface area contributed by atoms with E-state index in [2.05, 4.69) is 29.2 Å². The van der Waals surface area contributed by atoms with Crippen LogP contribution in [0.5, 0.6) is 5.75 Å². The number of ether oxygens (including phenoxy) is 1. The number of pyridine rings is 1. The SMILES string of the molecule is Cc1nc(N2CCC(S(C)(=O)=O)CC2)ccc1-c1cccc(COc2ccc3c(c2)C[C@H]2[C@H](C(=O)O)[C@@H]32)c1. The number of piperidine rings is 1. The predicted octanol–water partition coefficient (Wildman–Crippen LogP) is 4.62. The Bertz CT molecular complexity index is 1510. The first kappa shape index (κ1) is 24.9. The number of aliphatic carboxylic acids is 1. The lowest BCUT2D eigenvalue weighted by Gasteiger charge is -2.32. The van der Waals surface area contributed by atoms with Crippen LogP contribution in [-0.2, 0) is 27.7 Å². The van der Waals surface area contributed by atoms with Gasteiger partial charge in [0.05, 0.1) is 11.2 Å². The third kappa shape index (κ3) is 4.66. The summed E-state index contributed by atoms with van der Waals surface area (Å²) in [6.45, 7) is 3.84. The number of sulfone groups is 1. The Labute approximate surface area is 223 Å². The molecule has 3 aliphatic rings. The van der Waals surface area contributed by atoms with E-state index < -0.39 is 15.8 Å². The Balaban J connectivity index is 1.11. The summed E-state index contributed by atoms with van der Waals surface area (Å²) in [6.07, 6.45) is 3.42. The Morgan fingerprint density at radius 3 is 2.61 bits per heavy atom. The van der Waals surface area contributed by atoms with Crippen molar-refractivity contribution in [1.29, 1.82) is 0 Å². The third-order valence-corrected chi connectivity index (χ3v) is 10.2. The number of rotatable bonds is 7. The number of aromatic nitrogens is 1. The number of hydrogen-bond acceptors (Lipinski definition) is 6. The molecule has 1 saturated carbocycles. The summed E-state index contributed by atoms with van der Waals surface area (Å²) in [5.41, 5.74) is 6.51. The van der Waals surface area contributed by atoms with Gasteiger partial charge >= 0.3 is 5.97 Å². The molecule has 0 amide bonds. The topological polar surface area (TPSA) is 96.8 Å². The molecule has 1 aromatic heterocycles. The van der Waals surface area contributed by atoms with Crippen LogP contribution >= 0.6 is 0 Å². The van der Waals surface area contributed by atoms with Crippen LogP contribution in [0.1, 0.15) is 41.1 Å². The quantitative estimate of drug-likeness (QED) is 0.474. The summed E-state index contributed by atoms with van der Waals surface area (Å²) in [7, 11) is -2.99. The minimum Gasteiger partial charge on any atom is -0.489 e. The molecule has 1 N–H and O–H groups in total. The Kier molecular flexibility index (Phi) is 6.17. The van der Waals surface area contributed by atoms with Crippen LogP contribution in [0.2, 0.25) is 0 Å². The van der Waals surface area contributed by atoms with Crippen LogP contribution in [0.25, 0.3) is 11.1 Å². The van der Waals surface area contributed by atoms with Crippen LogP contribution in [-0.4, -0.2) is 49.1 Å². The molecule has 0 bridgehead atoms. The van der Waals surface area contributed by atoms with Gasteiger partial charge < -0.3 is 14.7 Å². The minimum atomic E-state index is -2.99. The van der Waals surface area contributed by atoms with Crippen molar-refractivity contribution in [2.75, 3.05) is 24.2 Å². The first-order valence-electron chi connectivity index (χ1n) is 13.2. The van der Waals surface area contributed by atoms with E-state index in [-0.39, 0.29) is 23.0 Å². The number of carboxylic acids is 1. The Hall–Kier alpha value is -3.39. The molecule has 8 heteroatoms. The predicted molar refractivity (Wildman–Crippen MR) is 146 cm³/mol. The van der Waals surface area contributed by atoms with Crippen LogP contribution < -0.4 is 9.64 Å². The van der Waals surface area contributed by atoms with E-state index >= 15 is 0 Å². The van der Waals surface area contributed by atoms with Crippen molar-refractivity contribution in [2.24, 2.45) is 11.8 Å². The summed E-state index contributed by atoms with van der Waals surface area (Å²) < 4.78 is 29.8. The highest BCUT2D eigenvalue weighted by molar-refractivity contribution is 7.91. The average molecular weight is 533 g/mol. The smallest absolute Gasteiger partial charge is 0.307 e. The van der Waals surface area contributed by atoms with Crippen molar-refractivity contribution in [2.45, 2.75) is 44.0 Å². The van der Waals surface area contributed by atoms with Gasteiger partial charge in [-0.2, -0.15) is 0 Å². The summed E-state index contributed by atoms with van der Waals surface area (Å²) >= 11 is 0. The standard InChI is InChI=1S/C30H32N2O5S/c1-18-24(8-9-27(31-18)32-12-10-23(11-13-32)38(2,35)36)20-5-3-4-19(14-20)17-37-22-6-7-25-21(15-22)16-26-28(25)29(26)30(33)34/h3-9,14-15,23,26,28-29H,10-13,16-17H2,1-2H3,(H,33,34)/t26-,28+,29+/m1/s1. The van der Waals surface area contributed by atoms with Crippen molar-refractivity contribution < 1.29 is 23.1 Å². The van der Waals surface area contributed by atoms with E-state index in [0.29, 0.717) is 32.5 Å². The van der Waals surface area contributed by atoms with Gasteiger partial charge in [-0.25, -0.2) is 13.4 Å². The van der Waals surface area contributed by atoms with Gasteiger partial charge in [0.2, 0.25) is 0 Å². The molecule has 2 aliphatic carbocycles. The molecule has 1 aliphatic heterocycles. The number of aryl methyl sites for hydroxylation is 1. The number of anilines is 1. The molecule has 3 atom stereocenters. The average Bonchev–Trinajstić information content (AvgIpc) is 3.49. The first-order chi connectivity index (χ1) is 18.2. The second-order valence-electron chi connectivity index (χ2n) is 10.9. The Morgan fingerprint density at radius 2 is 1.89 bits per heavy atom. The van der Waals surface area contributed by atoms with Crippen molar-refractivity contribution in [1.82, 2.24) is 4.98 Å². The van der Waals surface area contributed by atoms with Crippen molar-refractivity contribution in [3.8, 4) is 16.9 Å². The molecule has 1 saturated heterocycles. The van der Waals surface area contributed by atoms with Crippen molar-refractivity contribution >= 4 is 21.6 Å². The number of carboxylic acid groups (broad SMARTS) is 1. The van der Waals surface area contributed by atoms with Crippen molar-refractivity contribution in [3.63, 3.8) is 0 Å². The number of hydrogen-bond donors (Lipinski definition) is 1. The van der Waals surface area contributed by atoms with Gasteiger partial charge in [-0.3, -0.25) is 4.79 Å². The fourth-order valence-electron chi connectivity index (χ4n) is 6.35. The van der Waals surface area contributed by atoms with E-state index in [0.717, 1.165) is 40.4 Å². The van der Waals surface area contributed by atoms with Gasteiger partial charge in [0, 0.05) is 36.5 Å². The molecule has 2 fully saturated rings. The molecule has 2 aromatic carbocycles. The van der Waals surface area contributed by atoms with Crippen LogP contribution in [0, 0.1) is 18.8 Å². The molecule has 0 unspecified atom stereocenters. The lowest BCUT2D eigenvalue weighted by atomic mass is 10.0. The highest BCUT2D eigenvalue weighted by Crippen LogP contribution is 2.61. The lowest BCUT2D eigenvalue weighted by Crippen LogP contribution is -2.39. The normalized spacial score (nSPS) is 22.6. The zero-order valence-corrected chi connectivity index (χ0v) is 22.4. The van der Waals surface area contributed by atoms with E-state index in [9.17, 15) is 18.3 Å². The molecule has 0 radical (unpaired) electrons. The van der Waals surface area contributed by atoms with Gasteiger partial charge in [-0.05, 0) is 84.7 Å². The van der Waals surface area contributed by atoms with Crippen LogP contribution in [0.15, 0.2) is 54.6 Å².